The number of nitrogens with one attached hydrogen (secondary N) is 1. The monoisotopic (exact) mass is 228 g/mol. The molecule has 0 aliphatic heterocycles. The minimum Gasteiger partial charge on any atom is -0.465 e. The zero-order valence-corrected chi connectivity index (χ0v) is 9.38. The maximum absolute atomic E-state index is 11.5. The number of hydrogen-bond donors (Lipinski definition) is 1. The quantitative estimate of drug-likeness (QED) is 0.820. The SMILES string of the molecule is COC(=O)c1ccccc1Nc1cccnc1. The Bertz CT molecular complexity index is 512. The molecule has 0 saturated heterocycles. The van der Waals surface area contributed by atoms with E-state index in [0.29, 0.717) is 11.3 Å². The lowest BCUT2D eigenvalue weighted by Gasteiger charge is -2.09. The number of hydrogen-bond acceptors (Lipinski definition) is 4. The summed E-state index contributed by atoms with van der Waals surface area (Å²) in [4.78, 5) is 15.5. The molecule has 0 radical (unpaired) electrons. The van der Waals surface area contributed by atoms with Gasteiger partial charge in [-0.3, -0.25) is 4.98 Å². The molecule has 0 atom stereocenters. The van der Waals surface area contributed by atoms with Crippen molar-refractivity contribution in [1.29, 1.82) is 0 Å². The molecule has 0 aliphatic carbocycles. The van der Waals surface area contributed by atoms with Crippen LogP contribution in [0.5, 0.6) is 0 Å². The third-order valence-corrected chi connectivity index (χ3v) is 2.27. The minimum absolute atomic E-state index is 0.364. The third kappa shape index (κ3) is 2.60. The van der Waals surface area contributed by atoms with Crippen LogP contribution in [-0.2, 0) is 4.74 Å². The lowest BCUT2D eigenvalue weighted by molar-refractivity contribution is 0.0602. The Balaban J connectivity index is 2.30. The highest BCUT2D eigenvalue weighted by Gasteiger charge is 2.10. The number of esters is 1. The Kier molecular flexibility index (Phi) is 3.35. The van der Waals surface area contributed by atoms with Crippen LogP contribution in [-0.4, -0.2) is 18.1 Å². The number of nitrogens with zero attached hydrogens (tertiary/aromatic N) is 1. The summed E-state index contributed by atoms with van der Waals surface area (Å²) in [5, 5.41) is 3.12. The summed E-state index contributed by atoms with van der Waals surface area (Å²) in [5.41, 5.74) is 2.02. The van der Waals surface area contributed by atoms with Crippen molar-refractivity contribution < 1.29 is 9.53 Å². The first kappa shape index (κ1) is 11.1. The van der Waals surface area contributed by atoms with Gasteiger partial charge in [0.1, 0.15) is 0 Å². The standard InChI is InChI=1S/C13H12N2O2/c1-17-13(16)11-6-2-3-7-12(11)15-10-5-4-8-14-9-10/h2-9,15H,1H3. The zero-order valence-electron chi connectivity index (χ0n) is 9.38. The van der Waals surface area contributed by atoms with Gasteiger partial charge in [0.25, 0.3) is 0 Å². The van der Waals surface area contributed by atoms with Gasteiger partial charge < -0.3 is 10.1 Å². The fourth-order valence-electron chi connectivity index (χ4n) is 1.47. The second-order valence-corrected chi connectivity index (χ2v) is 3.40. The smallest absolute Gasteiger partial charge is 0.339 e. The highest BCUT2D eigenvalue weighted by atomic mass is 16.5. The van der Waals surface area contributed by atoms with Crippen LogP contribution >= 0.6 is 0 Å². The van der Waals surface area contributed by atoms with Gasteiger partial charge in [0, 0.05) is 6.20 Å². The molecule has 0 bridgehead atoms. The van der Waals surface area contributed by atoms with Gasteiger partial charge in [-0.25, -0.2) is 4.79 Å². The molecule has 1 aromatic carbocycles. The van der Waals surface area contributed by atoms with Gasteiger partial charge in [0.05, 0.1) is 30.2 Å². The zero-order chi connectivity index (χ0) is 12.1. The van der Waals surface area contributed by atoms with Gasteiger partial charge in [-0.2, -0.15) is 0 Å². The van der Waals surface area contributed by atoms with Crippen molar-refractivity contribution in [3.05, 3.63) is 54.4 Å². The molecule has 0 amide bonds. The fraction of sp³-hybridized carbons (Fsp3) is 0.0769. The van der Waals surface area contributed by atoms with E-state index in [0.717, 1.165) is 5.69 Å². The second kappa shape index (κ2) is 5.12. The Morgan fingerprint density at radius 1 is 1.24 bits per heavy atom. The van der Waals surface area contributed by atoms with Crippen LogP contribution in [0, 0.1) is 0 Å². The number of aromatic nitrogens is 1. The van der Waals surface area contributed by atoms with Crippen LogP contribution in [0.15, 0.2) is 48.8 Å². The number of benzene rings is 1. The number of rotatable bonds is 3. The lowest BCUT2D eigenvalue weighted by atomic mass is 10.1. The van der Waals surface area contributed by atoms with Crippen LogP contribution in [0.25, 0.3) is 0 Å². The number of carbonyl (C=O) groups is 1. The number of ether oxygens (including phenoxy) is 1. The normalized spacial score (nSPS) is 9.71. The van der Waals surface area contributed by atoms with Crippen molar-refractivity contribution >= 4 is 17.3 Å². The summed E-state index contributed by atoms with van der Waals surface area (Å²) in [7, 11) is 1.36. The van der Waals surface area contributed by atoms with E-state index in [2.05, 4.69) is 10.3 Å². The molecular weight excluding hydrogens is 216 g/mol. The molecule has 4 nitrogen and oxygen atoms in total. The van der Waals surface area contributed by atoms with Crippen LogP contribution in [0.2, 0.25) is 0 Å². The first-order valence-electron chi connectivity index (χ1n) is 5.15. The predicted molar refractivity (Wildman–Crippen MR) is 65.3 cm³/mol. The van der Waals surface area contributed by atoms with E-state index in [9.17, 15) is 4.79 Å². The van der Waals surface area contributed by atoms with Crippen molar-refractivity contribution in [3.63, 3.8) is 0 Å². The van der Waals surface area contributed by atoms with Crippen molar-refractivity contribution in [2.24, 2.45) is 0 Å². The topological polar surface area (TPSA) is 51.2 Å². The number of methoxy groups -OCH3 is 1. The van der Waals surface area contributed by atoms with E-state index >= 15 is 0 Å². The average Bonchev–Trinajstić information content (AvgIpc) is 2.40. The first-order valence-corrected chi connectivity index (χ1v) is 5.15. The molecule has 17 heavy (non-hydrogen) atoms. The van der Waals surface area contributed by atoms with Gasteiger partial charge in [-0.15, -0.1) is 0 Å². The first-order chi connectivity index (χ1) is 8.31. The predicted octanol–water partition coefficient (Wildman–Crippen LogP) is 2.61. The number of pyridine rings is 1. The Hall–Kier alpha value is -2.36. The average molecular weight is 228 g/mol. The molecule has 2 aromatic rings. The lowest BCUT2D eigenvalue weighted by Crippen LogP contribution is -2.05. The Labute approximate surface area is 99.3 Å². The van der Waals surface area contributed by atoms with Gasteiger partial charge in [0.15, 0.2) is 0 Å². The summed E-state index contributed by atoms with van der Waals surface area (Å²) in [5.74, 6) is -0.364. The van der Waals surface area contributed by atoms with Crippen molar-refractivity contribution in [3.8, 4) is 0 Å². The molecule has 2 rings (SSSR count). The number of carbonyl (C=O) groups excluding carboxylic acids is 1. The molecule has 1 heterocycles. The summed E-state index contributed by atoms with van der Waals surface area (Å²) >= 11 is 0. The van der Waals surface area contributed by atoms with Gasteiger partial charge >= 0.3 is 5.97 Å². The number of para-hydroxylation sites is 1. The summed E-state index contributed by atoms with van der Waals surface area (Å²) in [6, 6.07) is 10.9. The highest BCUT2D eigenvalue weighted by molar-refractivity contribution is 5.96. The van der Waals surface area contributed by atoms with E-state index in [1.165, 1.54) is 7.11 Å². The van der Waals surface area contributed by atoms with E-state index in [-0.39, 0.29) is 5.97 Å². The van der Waals surface area contributed by atoms with Gasteiger partial charge in [-0.1, -0.05) is 12.1 Å². The third-order valence-electron chi connectivity index (χ3n) is 2.27. The Morgan fingerprint density at radius 3 is 2.76 bits per heavy atom. The van der Waals surface area contributed by atoms with Crippen molar-refractivity contribution in [2.75, 3.05) is 12.4 Å². The van der Waals surface area contributed by atoms with Crippen LogP contribution < -0.4 is 5.32 Å². The molecule has 4 heteroatoms. The van der Waals surface area contributed by atoms with E-state index in [1.54, 1.807) is 24.5 Å². The van der Waals surface area contributed by atoms with Crippen molar-refractivity contribution in [1.82, 2.24) is 4.98 Å². The molecule has 1 aromatic heterocycles. The largest absolute Gasteiger partial charge is 0.465 e. The van der Waals surface area contributed by atoms with Gasteiger partial charge in [-0.05, 0) is 24.3 Å². The Morgan fingerprint density at radius 2 is 2.06 bits per heavy atom. The number of anilines is 2. The molecule has 0 saturated carbocycles. The maximum atomic E-state index is 11.5. The van der Waals surface area contributed by atoms with Crippen LogP contribution in [0.1, 0.15) is 10.4 Å². The minimum atomic E-state index is -0.364. The van der Waals surface area contributed by atoms with E-state index in [1.807, 2.05) is 24.3 Å². The molecule has 0 fully saturated rings. The summed E-state index contributed by atoms with van der Waals surface area (Å²) < 4.78 is 4.72. The fourth-order valence-corrected chi connectivity index (χ4v) is 1.47. The summed E-state index contributed by atoms with van der Waals surface area (Å²) in [6.45, 7) is 0. The molecule has 1 N–H and O–H groups in total. The van der Waals surface area contributed by atoms with Crippen LogP contribution in [0.3, 0.4) is 0 Å². The molecule has 0 unspecified atom stereocenters. The summed E-state index contributed by atoms with van der Waals surface area (Å²) in [6.07, 6.45) is 3.38. The maximum Gasteiger partial charge on any atom is 0.339 e. The van der Waals surface area contributed by atoms with Gasteiger partial charge in [0.2, 0.25) is 0 Å². The molecule has 86 valence electrons. The van der Waals surface area contributed by atoms with Crippen molar-refractivity contribution in [2.45, 2.75) is 0 Å². The van der Waals surface area contributed by atoms with E-state index < -0.39 is 0 Å². The highest BCUT2D eigenvalue weighted by Crippen LogP contribution is 2.20. The molecular formula is C13H12N2O2. The molecule has 0 aliphatic rings. The van der Waals surface area contributed by atoms with E-state index in [4.69, 9.17) is 4.74 Å². The second-order valence-electron chi connectivity index (χ2n) is 3.40. The van der Waals surface area contributed by atoms with Crippen LogP contribution in [0.4, 0.5) is 11.4 Å². The molecule has 0 spiro atoms.